The van der Waals surface area contributed by atoms with Gasteiger partial charge in [-0.1, -0.05) is 6.92 Å². The Bertz CT molecular complexity index is 556. The Labute approximate surface area is 107 Å². The third-order valence-electron chi connectivity index (χ3n) is 2.12. The van der Waals surface area contributed by atoms with Gasteiger partial charge >= 0.3 is 5.97 Å². The van der Waals surface area contributed by atoms with Gasteiger partial charge in [0.2, 0.25) is 11.8 Å². The van der Waals surface area contributed by atoms with E-state index in [9.17, 15) is 4.79 Å². The van der Waals surface area contributed by atoms with Crippen LogP contribution >= 0.6 is 11.8 Å². The molecule has 0 aromatic carbocycles. The number of aromatic carboxylic acids is 1. The molecule has 0 bridgehead atoms. The Morgan fingerprint density at radius 3 is 2.89 bits per heavy atom. The maximum absolute atomic E-state index is 10.8. The first-order valence-electron chi connectivity index (χ1n) is 5.32. The molecule has 6 nitrogen and oxygen atoms in total. The minimum atomic E-state index is -1.04. The summed E-state index contributed by atoms with van der Waals surface area (Å²) in [7, 11) is 0. The zero-order valence-corrected chi connectivity index (χ0v) is 10.5. The van der Waals surface area contributed by atoms with E-state index in [1.165, 1.54) is 24.0 Å². The van der Waals surface area contributed by atoms with Gasteiger partial charge in [0.25, 0.3) is 0 Å². The summed E-state index contributed by atoms with van der Waals surface area (Å²) in [5.41, 5.74) is 0.0276. The zero-order chi connectivity index (χ0) is 13.0. The highest BCUT2D eigenvalue weighted by Crippen LogP contribution is 2.22. The first-order valence-corrected chi connectivity index (χ1v) is 6.31. The number of nitrogens with zero attached hydrogens (tertiary/aromatic N) is 3. The first kappa shape index (κ1) is 12.6. The van der Waals surface area contributed by atoms with Crippen molar-refractivity contribution >= 4 is 17.7 Å². The number of pyridine rings is 1. The lowest BCUT2D eigenvalue weighted by Crippen LogP contribution is -1.99. The van der Waals surface area contributed by atoms with E-state index in [1.54, 1.807) is 6.07 Å². The number of rotatable bonds is 5. The van der Waals surface area contributed by atoms with Crippen LogP contribution in [0.15, 0.2) is 27.6 Å². The summed E-state index contributed by atoms with van der Waals surface area (Å²) in [6.07, 6.45) is 2.17. The summed E-state index contributed by atoms with van der Waals surface area (Å²) in [6.45, 7) is 1.94. The van der Waals surface area contributed by atoms with Crippen molar-refractivity contribution in [3.8, 4) is 0 Å². The van der Waals surface area contributed by atoms with Gasteiger partial charge in [-0.15, -0.1) is 22.0 Å². The number of carboxylic acids is 1. The number of hydrogen-bond donors (Lipinski definition) is 1. The van der Waals surface area contributed by atoms with Crippen LogP contribution in [0.25, 0.3) is 0 Å². The molecular formula is C11H11N3O3S. The van der Waals surface area contributed by atoms with Crippen LogP contribution in [0.5, 0.6) is 0 Å². The van der Waals surface area contributed by atoms with E-state index in [4.69, 9.17) is 9.52 Å². The molecule has 2 rings (SSSR count). The molecule has 2 heterocycles. The molecule has 0 radical (unpaired) electrons. The third kappa shape index (κ3) is 3.07. The second-order valence-electron chi connectivity index (χ2n) is 3.41. The van der Waals surface area contributed by atoms with Crippen LogP contribution in [0.4, 0.5) is 0 Å². The average Bonchev–Trinajstić information content (AvgIpc) is 2.84. The normalized spacial score (nSPS) is 10.5. The lowest BCUT2D eigenvalue weighted by molar-refractivity contribution is 0.0690. The van der Waals surface area contributed by atoms with Crippen molar-refractivity contribution in [3.63, 3.8) is 0 Å². The van der Waals surface area contributed by atoms with E-state index in [0.717, 1.165) is 4.90 Å². The van der Waals surface area contributed by atoms with Crippen molar-refractivity contribution in [2.24, 2.45) is 0 Å². The summed E-state index contributed by atoms with van der Waals surface area (Å²) in [5, 5.41) is 16.6. The standard InChI is InChI=1S/C11H11N3O3S/c1-2-9-13-14-10(17-9)6-18-7-3-4-12-8(5-7)11(15)16/h3-5H,2,6H2,1H3,(H,15,16). The molecule has 0 aliphatic rings. The van der Waals surface area contributed by atoms with Gasteiger partial charge in [0.15, 0.2) is 0 Å². The zero-order valence-electron chi connectivity index (χ0n) is 9.66. The smallest absolute Gasteiger partial charge is 0.354 e. The van der Waals surface area contributed by atoms with E-state index in [-0.39, 0.29) is 5.69 Å². The second-order valence-corrected chi connectivity index (χ2v) is 4.46. The molecule has 0 aliphatic heterocycles. The second kappa shape index (κ2) is 5.63. The van der Waals surface area contributed by atoms with Crippen molar-refractivity contribution < 1.29 is 14.3 Å². The highest BCUT2D eigenvalue weighted by molar-refractivity contribution is 7.98. The van der Waals surface area contributed by atoms with Crippen molar-refractivity contribution in [1.82, 2.24) is 15.2 Å². The van der Waals surface area contributed by atoms with E-state index in [1.807, 2.05) is 6.92 Å². The monoisotopic (exact) mass is 265 g/mol. The van der Waals surface area contributed by atoms with Crippen molar-refractivity contribution in [3.05, 3.63) is 35.8 Å². The summed E-state index contributed by atoms with van der Waals surface area (Å²) >= 11 is 1.43. The van der Waals surface area contributed by atoms with Crippen LogP contribution in [0.1, 0.15) is 29.2 Å². The topological polar surface area (TPSA) is 89.1 Å². The van der Waals surface area contributed by atoms with E-state index >= 15 is 0 Å². The molecule has 2 aromatic rings. The SMILES string of the molecule is CCc1nnc(CSc2ccnc(C(=O)O)c2)o1. The van der Waals surface area contributed by atoms with Gasteiger partial charge in [-0.3, -0.25) is 0 Å². The summed E-state index contributed by atoms with van der Waals surface area (Å²) in [4.78, 5) is 15.3. The molecule has 0 unspecified atom stereocenters. The van der Waals surface area contributed by atoms with Crippen molar-refractivity contribution in [2.75, 3.05) is 0 Å². The van der Waals surface area contributed by atoms with Gasteiger partial charge < -0.3 is 9.52 Å². The fourth-order valence-corrected chi connectivity index (χ4v) is 2.01. The van der Waals surface area contributed by atoms with Crippen molar-refractivity contribution in [1.29, 1.82) is 0 Å². The lowest BCUT2D eigenvalue weighted by Gasteiger charge is -1.99. The van der Waals surface area contributed by atoms with Gasteiger partial charge in [-0.05, 0) is 12.1 Å². The molecule has 0 fully saturated rings. The van der Waals surface area contributed by atoms with Crippen LogP contribution in [-0.2, 0) is 12.2 Å². The van der Waals surface area contributed by atoms with Crippen LogP contribution in [0, 0.1) is 0 Å². The molecular weight excluding hydrogens is 254 g/mol. The third-order valence-corrected chi connectivity index (χ3v) is 3.10. The average molecular weight is 265 g/mol. The highest BCUT2D eigenvalue weighted by atomic mass is 32.2. The minimum Gasteiger partial charge on any atom is -0.477 e. The molecule has 0 saturated carbocycles. The minimum absolute atomic E-state index is 0.0276. The Hall–Kier alpha value is -1.89. The summed E-state index contributed by atoms with van der Waals surface area (Å²) in [5.74, 6) is 0.608. The molecule has 18 heavy (non-hydrogen) atoms. The number of aryl methyl sites for hydroxylation is 1. The van der Waals surface area contributed by atoms with Gasteiger partial charge in [-0.25, -0.2) is 9.78 Å². The lowest BCUT2D eigenvalue weighted by atomic mass is 10.3. The number of carbonyl (C=O) groups is 1. The molecule has 0 aliphatic carbocycles. The summed E-state index contributed by atoms with van der Waals surface area (Å²) < 4.78 is 5.36. The fourth-order valence-electron chi connectivity index (χ4n) is 1.25. The number of thioether (sulfide) groups is 1. The predicted molar refractivity (Wildman–Crippen MR) is 64.4 cm³/mol. The maximum Gasteiger partial charge on any atom is 0.354 e. The summed E-state index contributed by atoms with van der Waals surface area (Å²) in [6, 6.07) is 3.26. The molecule has 94 valence electrons. The van der Waals surface area contributed by atoms with Crippen LogP contribution in [0.3, 0.4) is 0 Å². The predicted octanol–water partition coefficient (Wildman–Crippen LogP) is 2.02. The quantitative estimate of drug-likeness (QED) is 0.827. The maximum atomic E-state index is 10.8. The highest BCUT2D eigenvalue weighted by Gasteiger charge is 2.08. The Kier molecular flexibility index (Phi) is 3.93. The largest absolute Gasteiger partial charge is 0.477 e. The molecule has 2 aromatic heterocycles. The van der Waals surface area contributed by atoms with Gasteiger partial charge in [0, 0.05) is 17.5 Å². The fraction of sp³-hybridized carbons (Fsp3) is 0.273. The van der Waals surface area contributed by atoms with Crippen molar-refractivity contribution in [2.45, 2.75) is 24.0 Å². The number of carboxylic acid groups (broad SMARTS) is 1. The van der Waals surface area contributed by atoms with Gasteiger partial charge in [0.1, 0.15) is 5.69 Å². The van der Waals surface area contributed by atoms with E-state index in [2.05, 4.69) is 15.2 Å². The molecule has 0 amide bonds. The molecule has 7 heteroatoms. The van der Waals surface area contributed by atoms with Crippen LogP contribution in [0.2, 0.25) is 0 Å². The molecule has 1 N–H and O–H groups in total. The molecule has 0 atom stereocenters. The molecule has 0 spiro atoms. The van der Waals surface area contributed by atoms with Crippen LogP contribution in [-0.4, -0.2) is 26.3 Å². The molecule has 0 saturated heterocycles. The van der Waals surface area contributed by atoms with E-state index < -0.39 is 5.97 Å². The number of aromatic nitrogens is 3. The Balaban J connectivity index is 2.01. The van der Waals surface area contributed by atoms with Gasteiger partial charge in [-0.2, -0.15) is 0 Å². The first-order chi connectivity index (χ1) is 8.69. The van der Waals surface area contributed by atoms with E-state index in [0.29, 0.717) is 24.0 Å². The Morgan fingerprint density at radius 2 is 2.22 bits per heavy atom. The van der Waals surface area contributed by atoms with Crippen LogP contribution < -0.4 is 0 Å². The Morgan fingerprint density at radius 1 is 1.44 bits per heavy atom. The van der Waals surface area contributed by atoms with Gasteiger partial charge in [0.05, 0.1) is 5.75 Å². The number of hydrogen-bond acceptors (Lipinski definition) is 6.